The molecule has 5 nitrogen and oxygen atoms in total. The lowest BCUT2D eigenvalue weighted by atomic mass is 9.88. The van der Waals surface area contributed by atoms with Crippen LogP contribution in [0.5, 0.6) is 0 Å². The molecule has 2 N–H and O–H groups in total. The fourth-order valence-electron chi connectivity index (χ4n) is 2.58. The maximum Gasteiger partial charge on any atom is 0.171 e. The largest absolute Gasteiger partial charge is 0.379 e. The van der Waals surface area contributed by atoms with Gasteiger partial charge < -0.3 is 24.7 Å². The van der Waals surface area contributed by atoms with Crippen molar-refractivity contribution in [3.63, 3.8) is 0 Å². The van der Waals surface area contributed by atoms with E-state index in [1.807, 2.05) is 0 Å². The van der Waals surface area contributed by atoms with Crippen molar-refractivity contribution in [2.45, 2.75) is 50.5 Å². The van der Waals surface area contributed by atoms with Gasteiger partial charge in [-0.3, -0.25) is 0 Å². The summed E-state index contributed by atoms with van der Waals surface area (Å²) in [6.45, 7) is 5.47. The van der Waals surface area contributed by atoms with Gasteiger partial charge in [0.25, 0.3) is 0 Å². The van der Waals surface area contributed by atoms with Crippen LogP contribution in [0.3, 0.4) is 0 Å². The number of hydrogen-bond acceptors (Lipinski definition) is 5. The maximum atomic E-state index is 6.09. The topological polar surface area (TPSA) is 62.9 Å². The zero-order chi connectivity index (χ0) is 12.8. The van der Waals surface area contributed by atoms with Crippen molar-refractivity contribution in [1.29, 1.82) is 0 Å². The molecule has 2 atom stereocenters. The molecule has 1 saturated carbocycles. The molecule has 1 aliphatic carbocycles. The van der Waals surface area contributed by atoms with Crippen molar-refractivity contribution < 1.29 is 18.9 Å². The second kappa shape index (κ2) is 6.82. The number of rotatable bonds is 6. The van der Waals surface area contributed by atoms with E-state index in [2.05, 4.69) is 6.92 Å². The quantitative estimate of drug-likeness (QED) is 0.722. The fourth-order valence-corrected chi connectivity index (χ4v) is 2.58. The average Bonchev–Trinajstić information content (AvgIpc) is 2.82. The van der Waals surface area contributed by atoms with E-state index >= 15 is 0 Å². The summed E-state index contributed by atoms with van der Waals surface area (Å²) in [5, 5.41) is 0. The second-order valence-corrected chi connectivity index (χ2v) is 5.04. The maximum absolute atomic E-state index is 6.09. The Morgan fingerprint density at radius 2 is 2.00 bits per heavy atom. The van der Waals surface area contributed by atoms with E-state index < -0.39 is 5.79 Å². The molecule has 5 heteroatoms. The molecular weight excluding hydrogens is 234 g/mol. The van der Waals surface area contributed by atoms with Crippen LogP contribution in [0, 0.1) is 0 Å². The minimum absolute atomic E-state index is 0.0158. The van der Waals surface area contributed by atoms with Crippen molar-refractivity contribution in [3.05, 3.63) is 0 Å². The second-order valence-electron chi connectivity index (χ2n) is 5.04. The molecule has 1 spiro atoms. The van der Waals surface area contributed by atoms with Crippen molar-refractivity contribution in [1.82, 2.24) is 0 Å². The first-order chi connectivity index (χ1) is 8.76. The first kappa shape index (κ1) is 14.2. The van der Waals surface area contributed by atoms with Gasteiger partial charge in [0.05, 0.1) is 32.5 Å². The summed E-state index contributed by atoms with van der Waals surface area (Å²) >= 11 is 0. The minimum Gasteiger partial charge on any atom is -0.379 e. The first-order valence-electron chi connectivity index (χ1n) is 6.98. The van der Waals surface area contributed by atoms with Crippen LogP contribution in [0.25, 0.3) is 0 Å². The third-order valence-electron chi connectivity index (χ3n) is 3.57. The standard InChI is InChI=1S/C13H25NO4/c1-2-5-15-6-7-16-12-10-13(4-3-11(12)14)17-8-9-18-13/h11-12H,2-10,14H2,1H3. The molecule has 1 saturated heterocycles. The molecule has 1 aliphatic heterocycles. The van der Waals surface area contributed by atoms with Gasteiger partial charge in [-0.05, 0) is 12.8 Å². The molecule has 2 aliphatic rings. The zero-order valence-electron chi connectivity index (χ0n) is 11.2. The minimum atomic E-state index is -0.426. The van der Waals surface area contributed by atoms with Crippen molar-refractivity contribution >= 4 is 0 Å². The van der Waals surface area contributed by atoms with E-state index in [-0.39, 0.29) is 12.1 Å². The summed E-state index contributed by atoms with van der Waals surface area (Å²) in [4.78, 5) is 0. The van der Waals surface area contributed by atoms with E-state index in [4.69, 9.17) is 24.7 Å². The van der Waals surface area contributed by atoms with Crippen LogP contribution < -0.4 is 5.73 Å². The van der Waals surface area contributed by atoms with Gasteiger partial charge in [-0.25, -0.2) is 0 Å². The van der Waals surface area contributed by atoms with Crippen LogP contribution in [0.15, 0.2) is 0 Å². The summed E-state index contributed by atoms with van der Waals surface area (Å²) in [5.41, 5.74) is 6.09. The average molecular weight is 259 g/mol. The fraction of sp³-hybridized carbons (Fsp3) is 1.00. The molecule has 0 bridgehead atoms. The Morgan fingerprint density at radius 3 is 2.72 bits per heavy atom. The summed E-state index contributed by atoms with van der Waals surface area (Å²) in [7, 11) is 0. The lowest BCUT2D eigenvalue weighted by Crippen LogP contribution is -2.50. The van der Waals surface area contributed by atoms with Crippen molar-refractivity contribution in [2.24, 2.45) is 5.73 Å². The van der Waals surface area contributed by atoms with Crippen LogP contribution in [-0.2, 0) is 18.9 Å². The summed E-state index contributed by atoms with van der Waals surface area (Å²) < 4.78 is 22.6. The van der Waals surface area contributed by atoms with Crippen molar-refractivity contribution in [2.75, 3.05) is 33.0 Å². The Hall–Kier alpha value is -0.200. The molecule has 0 amide bonds. The highest BCUT2D eigenvalue weighted by molar-refractivity contribution is 4.90. The predicted molar refractivity (Wildman–Crippen MR) is 67.3 cm³/mol. The lowest BCUT2D eigenvalue weighted by Gasteiger charge is -2.39. The monoisotopic (exact) mass is 259 g/mol. The Labute approximate surface area is 109 Å². The van der Waals surface area contributed by atoms with Gasteiger partial charge in [0.1, 0.15) is 0 Å². The molecule has 2 rings (SSSR count). The predicted octanol–water partition coefficient (Wildman–Crippen LogP) is 1.05. The van der Waals surface area contributed by atoms with E-state index in [0.29, 0.717) is 26.4 Å². The highest BCUT2D eigenvalue weighted by Crippen LogP contribution is 2.36. The third kappa shape index (κ3) is 3.65. The van der Waals surface area contributed by atoms with Gasteiger partial charge in [-0.1, -0.05) is 6.92 Å². The molecule has 0 aromatic rings. The zero-order valence-corrected chi connectivity index (χ0v) is 11.2. The van der Waals surface area contributed by atoms with Crippen LogP contribution in [0.4, 0.5) is 0 Å². The van der Waals surface area contributed by atoms with E-state index in [1.165, 1.54) is 0 Å². The van der Waals surface area contributed by atoms with Crippen LogP contribution >= 0.6 is 0 Å². The number of nitrogens with two attached hydrogens (primary N) is 1. The molecule has 0 aromatic carbocycles. The van der Waals surface area contributed by atoms with Gasteiger partial charge in [0, 0.05) is 25.5 Å². The van der Waals surface area contributed by atoms with Crippen LogP contribution in [0.2, 0.25) is 0 Å². The molecule has 106 valence electrons. The van der Waals surface area contributed by atoms with Gasteiger partial charge in [-0.15, -0.1) is 0 Å². The molecule has 18 heavy (non-hydrogen) atoms. The summed E-state index contributed by atoms with van der Waals surface area (Å²) in [6.07, 6.45) is 3.55. The SMILES string of the molecule is CCCOCCOC1CC2(CCC1N)OCCO2. The number of hydrogen-bond donors (Lipinski definition) is 1. The Bertz CT molecular complexity index is 243. The van der Waals surface area contributed by atoms with Crippen LogP contribution in [-0.4, -0.2) is 51.0 Å². The Morgan fingerprint density at radius 1 is 1.22 bits per heavy atom. The third-order valence-corrected chi connectivity index (χ3v) is 3.57. The molecule has 1 heterocycles. The van der Waals surface area contributed by atoms with E-state index in [0.717, 1.165) is 32.3 Å². The van der Waals surface area contributed by atoms with Gasteiger partial charge in [0.15, 0.2) is 5.79 Å². The lowest BCUT2D eigenvalue weighted by molar-refractivity contribution is -0.206. The van der Waals surface area contributed by atoms with E-state index in [9.17, 15) is 0 Å². The van der Waals surface area contributed by atoms with Crippen LogP contribution in [0.1, 0.15) is 32.6 Å². The van der Waals surface area contributed by atoms with Gasteiger partial charge in [-0.2, -0.15) is 0 Å². The highest BCUT2D eigenvalue weighted by Gasteiger charge is 2.44. The molecule has 0 radical (unpaired) electrons. The Kier molecular flexibility index (Phi) is 5.38. The Balaban J connectivity index is 1.72. The first-order valence-corrected chi connectivity index (χ1v) is 6.98. The summed E-state index contributed by atoms with van der Waals surface area (Å²) in [6, 6.07) is 0.0783. The molecule has 2 unspecified atom stereocenters. The highest BCUT2D eigenvalue weighted by atomic mass is 16.7. The van der Waals surface area contributed by atoms with Gasteiger partial charge in [0.2, 0.25) is 0 Å². The normalized spacial score (nSPS) is 31.0. The summed E-state index contributed by atoms with van der Waals surface area (Å²) in [5.74, 6) is -0.426. The molecular formula is C13H25NO4. The number of ether oxygens (including phenoxy) is 4. The van der Waals surface area contributed by atoms with Gasteiger partial charge >= 0.3 is 0 Å². The molecule has 0 aromatic heterocycles. The molecule has 2 fully saturated rings. The smallest absolute Gasteiger partial charge is 0.171 e. The van der Waals surface area contributed by atoms with E-state index in [1.54, 1.807) is 0 Å². The van der Waals surface area contributed by atoms with Crippen molar-refractivity contribution in [3.8, 4) is 0 Å².